The average molecular weight is 396 g/mol. The Morgan fingerprint density at radius 1 is 1.14 bits per heavy atom. The van der Waals surface area contributed by atoms with E-state index in [1.807, 2.05) is 11.0 Å². The van der Waals surface area contributed by atoms with E-state index < -0.39 is 0 Å². The third-order valence-electron chi connectivity index (χ3n) is 5.93. The summed E-state index contributed by atoms with van der Waals surface area (Å²) in [7, 11) is 5.31. The molecule has 0 saturated carbocycles. The molecule has 1 unspecified atom stereocenters. The molecule has 2 fully saturated rings. The van der Waals surface area contributed by atoms with E-state index in [2.05, 4.69) is 36.2 Å². The lowest BCUT2D eigenvalue weighted by atomic mass is 9.88. The van der Waals surface area contributed by atoms with E-state index in [4.69, 9.17) is 14.2 Å². The standard InChI is InChI=1S/C23H28N2O4/c1-24(13-17-7-5-4-6-8-17)19-12-23(29-14-19)15-25(16-23)22(26)18-9-20(27-2)11-21(10-18)28-3/h4-11,19H,12-16H2,1-3H3. The minimum atomic E-state index is -0.214. The maximum atomic E-state index is 12.9. The smallest absolute Gasteiger partial charge is 0.254 e. The van der Waals surface area contributed by atoms with Crippen molar-refractivity contribution in [2.75, 3.05) is 41.0 Å². The minimum Gasteiger partial charge on any atom is -0.497 e. The molecule has 4 rings (SSSR count). The molecule has 1 amide bonds. The minimum absolute atomic E-state index is 0.0162. The van der Waals surface area contributed by atoms with E-state index in [0.717, 1.165) is 13.0 Å². The van der Waals surface area contributed by atoms with Gasteiger partial charge in [0.2, 0.25) is 0 Å². The van der Waals surface area contributed by atoms with Gasteiger partial charge in [-0.05, 0) is 31.2 Å². The number of hydrogen-bond donors (Lipinski definition) is 0. The highest BCUT2D eigenvalue weighted by molar-refractivity contribution is 5.95. The van der Waals surface area contributed by atoms with Gasteiger partial charge >= 0.3 is 0 Å². The summed E-state index contributed by atoms with van der Waals surface area (Å²) in [6, 6.07) is 16.1. The summed E-state index contributed by atoms with van der Waals surface area (Å²) < 4.78 is 16.7. The number of carbonyl (C=O) groups excluding carboxylic acids is 1. The van der Waals surface area contributed by atoms with Crippen molar-refractivity contribution in [2.45, 2.75) is 24.6 Å². The summed E-state index contributed by atoms with van der Waals surface area (Å²) in [5.41, 5.74) is 1.66. The zero-order valence-electron chi connectivity index (χ0n) is 17.3. The molecule has 2 aromatic carbocycles. The molecule has 0 N–H and O–H groups in total. The molecule has 0 aliphatic carbocycles. The predicted molar refractivity (Wildman–Crippen MR) is 110 cm³/mol. The molecule has 6 heteroatoms. The topological polar surface area (TPSA) is 51.2 Å². The Bertz CT molecular complexity index is 842. The van der Waals surface area contributed by atoms with Gasteiger partial charge in [0, 0.05) is 24.2 Å². The van der Waals surface area contributed by atoms with Gasteiger partial charge in [0.05, 0.1) is 33.9 Å². The molecule has 2 aliphatic rings. The monoisotopic (exact) mass is 396 g/mol. The second kappa shape index (κ2) is 8.05. The van der Waals surface area contributed by atoms with Gasteiger partial charge < -0.3 is 19.1 Å². The fourth-order valence-corrected chi connectivity index (χ4v) is 4.23. The van der Waals surface area contributed by atoms with Crippen LogP contribution in [0.1, 0.15) is 22.3 Å². The molecule has 1 atom stereocenters. The average Bonchev–Trinajstić information content (AvgIpc) is 3.18. The fourth-order valence-electron chi connectivity index (χ4n) is 4.23. The number of carbonyl (C=O) groups is 1. The molecule has 0 radical (unpaired) electrons. The summed E-state index contributed by atoms with van der Waals surface area (Å²) in [6.45, 7) is 2.86. The highest BCUT2D eigenvalue weighted by Gasteiger charge is 2.52. The first-order chi connectivity index (χ1) is 14.0. The van der Waals surface area contributed by atoms with Crippen LogP contribution in [0.15, 0.2) is 48.5 Å². The number of rotatable bonds is 6. The van der Waals surface area contributed by atoms with Crippen LogP contribution in [0.2, 0.25) is 0 Å². The maximum Gasteiger partial charge on any atom is 0.254 e. The lowest BCUT2D eigenvalue weighted by Gasteiger charge is -2.47. The number of methoxy groups -OCH3 is 2. The number of benzene rings is 2. The van der Waals surface area contributed by atoms with Crippen LogP contribution in [0.4, 0.5) is 0 Å². The fraction of sp³-hybridized carbons (Fsp3) is 0.435. The zero-order valence-corrected chi connectivity index (χ0v) is 17.3. The van der Waals surface area contributed by atoms with E-state index in [-0.39, 0.29) is 11.5 Å². The maximum absolute atomic E-state index is 12.9. The number of ether oxygens (including phenoxy) is 3. The van der Waals surface area contributed by atoms with Gasteiger partial charge in [-0.1, -0.05) is 30.3 Å². The molecule has 2 aromatic rings. The van der Waals surface area contributed by atoms with Gasteiger partial charge in [0.1, 0.15) is 17.1 Å². The quantitative estimate of drug-likeness (QED) is 0.752. The van der Waals surface area contributed by atoms with Crippen LogP contribution in [0.3, 0.4) is 0 Å². The van der Waals surface area contributed by atoms with Gasteiger partial charge in [0.15, 0.2) is 0 Å². The second-order valence-electron chi connectivity index (χ2n) is 8.02. The van der Waals surface area contributed by atoms with Gasteiger partial charge in [-0.2, -0.15) is 0 Å². The Balaban J connectivity index is 1.35. The normalized spacial score (nSPS) is 20.0. The lowest BCUT2D eigenvalue weighted by Crippen LogP contribution is -2.63. The molecule has 29 heavy (non-hydrogen) atoms. The Kier molecular flexibility index (Phi) is 5.48. The van der Waals surface area contributed by atoms with Gasteiger partial charge in [-0.15, -0.1) is 0 Å². The van der Waals surface area contributed by atoms with E-state index in [9.17, 15) is 4.79 Å². The van der Waals surface area contributed by atoms with Crippen LogP contribution in [0, 0.1) is 0 Å². The van der Waals surface area contributed by atoms with Crippen molar-refractivity contribution >= 4 is 5.91 Å². The van der Waals surface area contributed by atoms with Crippen molar-refractivity contribution in [3.8, 4) is 11.5 Å². The van der Waals surface area contributed by atoms with Crippen molar-refractivity contribution < 1.29 is 19.0 Å². The third kappa shape index (κ3) is 4.09. The Labute approximate surface area is 172 Å². The first kappa shape index (κ1) is 19.7. The first-order valence-electron chi connectivity index (χ1n) is 9.92. The van der Waals surface area contributed by atoms with Crippen molar-refractivity contribution in [2.24, 2.45) is 0 Å². The molecular weight excluding hydrogens is 368 g/mol. The largest absolute Gasteiger partial charge is 0.497 e. The van der Waals surface area contributed by atoms with Crippen LogP contribution in [0.25, 0.3) is 0 Å². The van der Waals surface area contributed by atoms with Gasteiger partial charge in [-0.3, -0.25) is 9.69 Å². The van der Waals surface area contributed by atoms with E-state index in [1.165, 1.54) is 5.56 Å². The van der Waals surface area contributed by atoms with Crippen molar-refractivity contribution in [3.63, 3.8) is 0 Å². The van der Waals surface area contributed by atoms with Crippen LogP contribution in [-0.2, 0) is 11.3 Å². The van der Waals surface area contributed by atoms with Crippen molar-refractivity contribution in [3.05, 3.63) is 59.7 Å². The van der Waals surface area contributed by atoms with Crippen molar-refractivity contribution in [1.82, 2.24) is 9.80 Å². The van der Waals surface area contributed by atoms with Crippen LogP contribution in [-0.4, -0.2) is 68.3 Å². The lowest BCUT2D eigenvalue weighted by molar-refractivity contribution is -0.0950. The summed E-state index contributed by atoms with van der Waals surface area (Å²) in [5.74, 6) is 1.21. The molecule has 2 heterocycles. The zero-order chi connectivity index (χ0) is 20.4. The van der Waals surface area contributed by atoms with Gasteiger partial charge in [-0.25, -0.2) is 0 Å². The van der Waals surface area contributed by atoms with Crippen LogP contribution < -0.4 is 9.47 Å². The molecule has 154 valence electrons. The van der Waals surface area contributed by atoms with E-state index in [1.54, 1.807) is 32.4 Å². The molecule has 6 nitrogen and oxygen atoms in total. The predicted octanol–water partition coefficient (Wildman–Crippen LogP) is 2.82. The number of hydrogen-bond acceptors (Lipinski definition) is 5. The molecular formula is C23H28N2O4. The summed E-state index contributed by atoms with van der Waals surface area (Å²) in [6.07, 6.45) is 0.946. The van der Waals surface area contributed by atoms with E-state index in [0.29, 0.717) is 42.8 Å². The summed E-state index contributed by atoms with van der Waals surface area (Å²) >= 11 is 0. The van der Waals surface area contributed by atoms with Crippen molar-refractivity contribution in [1.29, 1.82) is 0 Å². The van der Waals surface area contributed by atoms with E-state index >= 15 is 0 Å². The molecule has 0 aromatic heterocycles. The molecule has 2 aliphatic heterocycles. The number of nitrogens with zero attached hydrogens (tertiary/aromatic N) is 2. The Hall–Kier alpha value is -2.57. The number of likely N-dealkylation sites (tertiary alicyclic amines) is 1. The third-order valence-corrected chi connectivity index (χ3v) is 5.93. The number of amides is 1. The first-order valence-corrected chi connectivity index (χ1v) is 9.92. The Morgan fingerprint density at radius 3 is 2.41 bits per heavy atom. The molecule has 2 saturated heterocycles. The van der Waals surface area contributed by atoms with Crippen LogP contribution in [0.5, 0.6) is 11.5 Å². The highest BCUT2D eigenvalue weighted by atomic mass is 16.5. The Morgan fingerprint density at radius 2 is 1.79 bits per heavy atom. The summed E-state index contributed by atoms with van der Waals surface area (Å²) in [4.78, 5) is 17.1. The van der Waals surface area contributed by atoms with Crippen LogP contribution >= 0.6 is 0 Å². The van der Waals surface area contributed by atoms with Gasteiger partial charge in [0.25, 0.3) is 5.91 Å². The molecule has 1 spiro atoms. The highest BCUT2D eigenvalue weighted by Crippen LogP contribution is 2.38. The molecule has 0 bridgehead atoms. The summed E-state index contributed by atoms with van der Waals surface area (Å²) in [5, 5.41) is 0. The SMILES string of the molecule is COc1cc(OC)cc(C(=O)N2CC3(CC(N(C)Cc4ccccc4)CO3)C2)c1. The second-order valence-corrected chi connectivity index (χ2v) is 8.02. The number of likely N-dealkylation sites (N-methyl/N-ethyl adjacent to an activating group) is 1.